The average Bonchev–Trinajstić information content (AvgIpc) is 2.39. The zero-order chi connectivity index (χ0) is 12.7. The van der Waals surface area contributed by atoms with Crippen LogP contribution in [-0.4, -0.2) is 0 Å². The maximum absolute atomic E-state index is 4.52. The molecule has 0 aliphatic rings. The van der Waals surface area contributed by atoms with Crippen molar-refractivity contribution in [3.63, 3.8) is 0 Å². The molecule has 0 nitrogen and oxygen atoms in total. The monoisotopic (exact) mass is 260 g/mol. The van der Waals surface area contributed by atoms with Crippen molar-refractivity contribution in [3.8, 4) is 0 Å². The van der Waals surface area contributed by atoms with Gasteiger partial charge in [-0.3, -0.25) is 0 Å². The van der Waals surface area contributed by atoms with E-state index in [1.165, 1.54) is 0 Å². The maximum atomic E-state index is 4.52. The summed E-state index contributed by atoms with van der Waals surface area (Å²) in [5.41, 5.74) is 2.01. The molecule has 0 bridgehead atoms. The Morgan fingerprint density at radius 3 is 2.35 bits per heavy atom. The number of hydrogen-bond donors (Lipinski definition) is 2. The molecular formula is C15H16S2. The van der Waals surface area contributed by atoms with E-state index in [1.807, 2.05) is 55.5 Å². The van der Waals surface area contributed by atoms with Crippen LogP contribution in [0.3, 0.4) is 0 Å². The quantitative estimate of drug-likeness (QED) is 0.558. The molecule has 0 atom stereocenters. The molecule has 0 radical (unpaired) electrons. The van der Waals surface area contributed by atoms with Gasteiger partial charge in [0.15, 0.2) is 0 Å². The molecule has 0 aromatic heterocycles. The minimum Gasteiger partial charge on any atom is -0.142 e. The Bertz CT molecular complexity index is 465. The van der Waals surface area contributed by atoms with E-state index < -0.39 is 0 Å². The molecule has 0 heterocycles. The van der Waals surface area contributed by atoms with Crippen molar-refractivity contribution >= 4 is 30.2 Å². The Balaban J connectivity index is 3.16. The van der Waals surface area contributed by atoms with Crippen LogP contribution in [0, 0.1) is 0 Å². The highest BCUT2D eigenvalue weighted by molar-refractivity contribution is 7.93. The lowest BCUT2D eigenvalue weighted by Crippen LogP contribution is -1.84. The summed E-state index contributed by atoms with van der Waals surface area (Å²) in [7, 11) is 0. The second-order valence-electron chi connectivity index (χ2n) is 3.42. The summed E-state index contributed by atoms with van der Waals surface area (Å²) in [4.78, 5) is 1.68. The highest BCUT2D eigenvalue weighted by Crippen LogP contribution is 2.29. The van der Waals surface area contributed by atoms with E-state index in [9.17, 15) is 0 Å². The van der Waals surface area contributed by atoms with E-state index in [1.54, 1.807) is 6.08 Å². The summed E-state index contributed by atoms with van der Waals surface area (Å²) in [6, 6.07) is 9.96. The van der Waals surface area contributed by atoms with Crippen molar-refractivity contribution in [3.05, 3.63) is 77.3 Å². The number of hydrogen-bond acceptors (Lipinski definition) is 2. The van der Waals surface area contributed by atoms with Crippen molar-refractivity contribution in [1.29, 1.82) is 0 Å². The Kier molecular flexibility index (Phi) is 5.95. The predicted octanol–water partition coefficient (Wildman–Crippen LogP) is 4.90. The molecule has 1 rings (SSSR count). The van der Waals surface area contributed by atoms with Crippen LogP contribution in [0.25, 0.3) is 4.91 Å². The first-order chi connectivity index (χ1) is 8.20. The Hall–Kier alpha value is -1.12. The summed E-state index contributed by atoms with van der Waals surface area (Å²) in [5.74, 6) is 0. The molecule has 0 aliphatic carbocycles. The van der Waals surface area contributed by atoms with E-state index in [2.05, 4.69) is 31.8 Å². The third-order valence-corrected chi connectivity index (χ3v) is 3.37. The van der Waals surface area contributed by atoms with Crippen molar-refractivity contribution in [2.24, 2.45) is 0 Å². The van der Waals surface area contributed by atoms with Gasteiger partial charge in [0.1, 0.15) is 0 Å². The largest absolute Gasteiger partial charge is 0.142 e. The number of rotatable bonds is 4. The Labute approximate surface area is 114 Å². The normalized spacial score (nSPS) is 13.7. The van der Waals surface area contributed by atoms with Crippen LogP contribution in [0.2, 0.25) is 0 Å². The average molecular weight is 260 g/mol. The minimum absolute atomic E-state index is 0.827. The third kappa shape index (κ3) is 3.99. The molecule has 1 aromatic carbocycles. The van der Waals surface area contributed by atoms with Crippen LogP contribution in [0.4, 0.5) is 0 Å². The molecule has 1 aromatic rings. The summed E-state index contributed by atoms with van der Waals surface area (Å²) in [6.45, 7) is 5.76. The molecule has 0 saturated heterocycles. The van der Waals surface area contributed by atoms with Crippen LogP contribution in [0.1, 0.15) is 12.5 Å². The highest BCUT2D eigenvalue weighted by atomic mass is 32.1. The summed E-state index contributed by atoms with van der Waals surface area (Å²) in [5, 5.41) is 0. The highest BCUT2D eigenvalue weighted by Gasteiger charge is 2.04. The molecule has 2 heteroatoms. The maximum Gasteiger partial charge on any atom is 0.0253 e. The zero-order valence-electron chi connectivity index (χ0n) is 9.80. The van der Waals surface area contributed by atoms with Crippen LogP contribution < -0.4 is 0 Å². The van der Waals surface area contributed by atoms with Gasteiger partial charge in [-0.25, -0.2) is 0 Å². The first-order valence-electron chi connectivity index (χ1n) is 5.34. The SMILES string of the molecule is C=CC(=C\C=C/C)/C(S)=C(/S)c1ccccc1. The summed E-state index contributed by atoms with van der Waals surface area (Å²) in [6.07, 6.45) is 7.67. The van der Waals surface area contributed by atoms with E-state index >= 15 is 0 Å². The summed E-state index contributed by atoms with van der Waals surface area (Å²) < 4.78 is 0. The van der Waals surface area contributed by atoms with Gasteiger partial charge in [0, 0.05) is 9.81 Å². The number of benzene rings is 1. The molecule has 0 N–H and O–H groups in total. The van der Waals surface area contributed by atoms with E-state index in [-0.39, 0.29) is 0 Å². The van der Waals surface area contributed by atoms with E-state index in [4.69, 9.17) is 0 Å². The van der Waals surface area contributed by atoms with Crippen LogP contribution >= 0.6 is 25.3 Å². The fourth-order valence-electron chi connectivity index (χ4n) is 1.31. The van der Waals surface area contributed by atoms with Gasteiger partial charge >= 0.3 is 0 Å². The van der Waals surface area contributed by atoms with Crippen molar-refractivity contribution < 1.29 is 0 Å². The van der Waals surface area contributed by atoms with Gasteiger partial charge in [0.25, 0.3) is 0 Å². The topological polar surface area (TPSA) is 0 Å². The molecule has 0 spiro atoms. The molecule has 0 fully saturated rings. The fraction of sp³-hybridized carbons (Fsp3) is 0.0667. The predicted molar refractivity (Wildman–Crippen MR) is 84.4 cm³/mol. The van der Waals surface area contributed by atoms with Crippen molar-refractivity contribution in [1.82, 2.24) is 0 Å². The lowest BCUT2D eigenvalue weighted by Gasteiger charge is -2.07. The molecule has 0 unspecified atom stereocenters. The van der Waals surface area contributed by atoms with Crippen molar-refractivity contribution in [2.75, 3.05) is 0 Å². The smallest absolute Gasteiger partial charge is 0.0253 e. The fourth-order valence-corrected chi connectivity index (χ4v) is 1.89. The van der Waals surface area contributed by atoms with Gasteiger partial charge in [-0.1, -0.05) is 61.2 Å². The molecule has 0 saturated carbocycles. The van der Waals surface area contributed by atoms with E-state index in [0.717, 1.165) is 20.9 Å². The summed E-state index contributed by atoms with van der Waals surface area (Å²) >= 11 is 9.03. The Morgan fingerprint density at radius 2 is 1.82 bits per heavy atom. The standard InChI is InChI=1S/C15H16S2/c1-3-5-9-12(4-2)14(16)15(17)13-10-7-6-8-11-13/h3-11,16-17H,2H2,1H3/b5-3-,12-9+,15-14-. The second kappa shape index (κ2) is 7.25. The molecular weight excluding hydrogens is 244 g/mol. The van der Waals surface area contributed by atoms with Gasteiger partial charge in [-0.2, -0.15) is 0 Å². The molecule has 0 aliphatic heterocycles. The van der Waals surface area contributed by atoms with Gasteiger partial charge in [0.2, 0.25) is 0 Å². The molecule has 17 heavy (non-hydrogen) atoms. The van der Waals surface area contributed by atoms with E-state index in [0.29, 0.717) is 0 Å². The minimum atomic E-state index is 0.827. The third-order valence-electron chi connectivity index (χ3n) is 2.23. The second-order valence-corrected chi connectivity index (χ2v) is 4.31. The number of allylic oxidation sites excluding steroid dienone is 5. The van der Waals surface area contributed by atoms with Crippen molar-refractivity contribution in [2.45, 2.75) is 6.92 Å². The van der Waals surface area contributed by atoms with Crippen LogP contribution in [-0.2, 0) is 0 Å². The molecule has 88 valence electrons. The number of thiol groups is 2. The first kappa shape index (κ1) is 13.9. The lowest BCUT2D eigenvalue weighted by molar-refractivity contribution is 1.61. The zero-order valence-corrected chi connectivity index (χ0v) is 11.6. The van der Waals surface area contributed by atoms with Gasteiger partial charge < -0.3 is 0 Å². The van der Waals surface area contributed by atoms with Gasteiger partial charge in [0.05, 0.1) is 0 Å². The van der Waals surface area contributed by atoms with Gasteiger partial charge in [-0.05, 0) is 18.1 Å². The lowest BCUT2D eigenvalue weighted by atomic mass is 10.1. The first-order valence-corrected chi connectivity index (χ1v) is 6.23. The Morgan fingerprint density at radius 1 is 1.18 bits per heavy atom. The van der Waals surface area contributed by atoms with Crippen LogP contribution in [0.15, 0.2) is 71.7 Å². The van der Waals surface area contributed by atoms with Gasteiger partial charge in [-0.15, -0.1) is 25.3 Å². The molecule has 0 amide bonds. The van der Waals surface area contributed by atoms with Crippen LogP contribution in [0.5, 0.6) is 0 Å².